The molecule has 7 heteroatoms. The first-order valence-electron chi connectivity index (χ1n) is 10.6. The number of fused-ring (bicyclic) bond motifs is 2. The third kappa shape index (κ3) is 3.79. The SMILES string of the molecule is CC(C)N1CCCC(S(=O)(=O)NC(=O)Nc2c3c(cc4c2CCC4)CCC3)C1. The van der Waals surface area contributed by atoms with E-state index in [0.717, 1.165) is 57.2 Å². The molecule has 1 aliphatic heterocycles. The Morgan fingerprint density at radius 2 is 1.71 bits per heavy atom. The number of likely N-dealkylation sites (tertiary alicyclic amines) is 1. The minimum atomic E-state index is -3.70. The van der Waals surface area contributed by atoms with E-state index in [1.165, 1.54) is 22.3 Å². The van der Waals surface area contributed by atoms with E-state index in [2.05, 4.69) is 34.9 Å². The van der Waals surface area contributed by atoms with Crippen LogP contribution < -0.4 is 10.0 Å². The molecule has 0 radical (unpaired) electrons. The van der Waals surface area contributed by atoms with E-state index in [1.54, 1.807) is 0 Å². The average molecular weight is 406 g/mol. The van der Waals surface area contributed by atoms with Crippen molar-refractivity contribution in [1.29, 1.82) is 0 Å². The zero-order chi connectivity index (χ0) is 19.9. The zero-order valence-electron chi connectivity index (χ0n) is 16.9. The van der Waals surface area contributed by atoms with Gasteiger partial charge in [-0.05, 0) is 94.0 Å². The maximum atomic E-state index is 12.8. The number of anilines is 1. The molecule has 0 spiro atoms. The molecule has 1 unspecified atom stereocenters. The molecule has 1 heterocycles. The molecule has 6 nitrogen and oxygen atoms in total. The molecular formula is C21H31N3O3S. The van der Waals surface area contributed by atoms with Gasteiger partial charge in [-0.1, -0.05) is 6.07 Å². The fraction of sp³-hybridized carbons (Fsp3) is 0.667. The Hall–Kier alpha value is -1.60. The summed E-state index contributed by atoms with van der Waals surface area (Å²) < 4.78 is 28.0. The molecule has 2 N–H and O–H groups in total. The molecule has 0 saturated carbocycles. The predicted molar refractivity (Wildman–Crippen MR) is 111 cm³/mol. The number of carbonyl (C=O) groups is 1. The molecule has 1 fully saturated rings. The van der Waals surface area contributed by atoms with Crippen LogP contribution in [0.15, 0.2) is 6.07 Å². The highest BCUT2D eigenvalue weighted by Crippen LogP contribution is 2.38. The Morgan fingerprint density at radius 3 is 2.32 bits per heavy atom. The molecule has 0 aromatic heterocycles. The zero-order valence-corrected chi connectivity index (χ0v) is 17.7. The van der Waals surface area contributed by atoms with Crippen LogP contribution in [0, 0.1) is 0 Å². The second kappa shape index (κ2) is 7.67. The lowest BCUT2D eigenvalue weighted by Gasteiger charge is -2.34. The van der Waals surface area contributed by atoms with Crippen molar-refractivity contribution in [3.05, 3.63) is 28.3 Å². The largest absolute Gasteiger partial charge is 0.332 e. The van der Waals surface area contributed by atoms with Crippen LogP contribution in [0.3, 0.4) is 0 Å². The van der Waals surface area contributed by atoms with Crippen LogP contribution >= 0.6 is 0 Å². The van der Waals surface area contributed by atoms with Crippen LogP contribution in [0.1, 0.15) is 61.8 Å². The number of amides is 2. The van der Waals surface area contributed by atoms with E-state index in [-0.39, 0.29) is 0 Å². The van der Waals surface area contributed by atoms with Crippen molar-refractivity contribution < 1.29 is 13.2 Å². The Labute approximate surface area is 168 Å². The Bertz CT molecular complexity index is 847. The number of urea groups is 1. The van der Waals surface area contributed by atoms with Gasteiger partial charge in [0.1, 0.15) is 0 Å². The molecule has 154 valence electrons. The molecule has 1 atom stereocenters. The Morgan fingerprint density at radius 1 is 1.07 bits per heavy atom. The summed E-state index contributed by atoms with van der Waals surface area (Å²) in [7, 11) is -3.70. The fourth-order valence-electron chi connectivity index (χ4n) is 5.01. The quantitative estimate of drug-likeness (QED) is 0.807. The van der Waals surface area contributed by atoms with Gasteiger partial charge in [0.2, 0.25) is 10.0 Å². The first kappa shape index (κ1) is 19.7. The van der Waals surface area contributed by atoms with Crippen molar-refractivity contribution in [3.63, 3.8) is 0 Å². The maximum absolute atomic E-state index is 12.8. The van der Waals surface area contributed by atoms with Crippen LogP contribution in [-0.2, 0) is 35.7 Å². The molecule has 28 heavy (non-hydrogen) atoms. The molecule has 2 amide bonds. The number of rotatable bonds is 4. The highest BCUT2D eigenvalue weighted by Gasteiger charge is 2.33. The summed E-state index contributed by atoms with van der Waals surface area (Å²) in [6.45, 7) is 5.55. The van der Waals surface area contributed by atoms with Gasteiger partial charge < -0.3 is 5.32 Å². The molecule has 1 aromatic carbocycles. The first-order chi connectivity index (χ1) is 13.3. The first-order valence-corrected chi connectivity index (χ1v) is 12.1. The van der Waals surface area contributed by atoms with Crippen molar-refractivity contribution in [2.24, 2.45) is 0 Å². The van der Waals surface area contributed by atoms with Crippen LogP contribution in [0.5, 0.6) is 0 Å². The number of piperidine rings is 1. The van der Waals surface area contributed by atoms with Crippen LogP contribution in [0.4, 0.5) is 10.5 Å². The highest BCUT2D eigenvalue weighted by molar-refractivity contribution is 7.90. The van der Waals surface area contributed by atoms with Gasteiger partial charge in [-0.2, -0.15) is 0 Å². The number of hydrogen-bond donors (Lipinski definition) is 2. The maximum Gasteiger partial charge on any atom is 0.332 e. The van der Waals surface area contributed by atoms with Crippen molar-refractivity contribution in [3.8, 4) is 0 Å². The summed E-state index contributed by atoms with van der Waals surface area (Å²) in [5.74, 6) is 0. The number of carbonyl (C=O) groups excluding carboxylic acids is 1. The van der Waals surface area contributed by atoms with E-state index >= 15 is 0 Å². The number of benzene rings is 1. The number of hydrogen-bond acceptors (Lipinski definition) is 4. The molecule has 1 saturated heterocycles. The molecule has 4 rings (SSSR count). The molecule has 0 bridgehead atoms. The van der Waals surface area contributed by atoms with E-state index in [0.29, 0.717) is 19.0 Å². The molecular weight excluding hydrogens is 374 g/mol. The standard InChI is InChI=1S/C21H31N3O3S/c1-14(2)24-11-5-8-17(13-24)28(26,27)23-21(25)22-20-18-9-3-6-15(18)12-16-7-4-10-19(16)20/h12,14,17H,3-11,13H2,1-2H3,(H2,22,23,25). The smallest absolute Gasteiger partial charge is 0.307 e. The van der Waals surface area contributed by atoms with Crippen LogP contribution in [0.25, 0.3) is 0 Å². The topological polar surface area (TPSA) is 78.5 Å². The minimum absolute atomic E-state index is 0.307. The van der Waals surface area contributed by atoms with Gasteiger partial charge in [-0.3, -0.25) is 4.90 Å². The Balaban J connectivity index is 1.49. The lowest BCUT2D eigenvalue weighted by atomic mass is 9.99. The van der Waals surface area contributed by atoms with E-state index in [9.17, 15) is 13.2 Å². The summed E-state index contributed by atoms with van der Waals surface area (Å²) in [6.07, 6.45) is 7.63. The van der Waals surface area contributed by atoms with Gasteiger partial charge in [-0.25, -0.2) is 17.9 Å². The normalized spacial score (nSPS) is 22.2. The van der Waals surface area contributed by atoms with Gasteiger partial charge >= 0.3 is 6.03 Å². The molecule has 3 aliphatic rings. The number of nitrogens with zero attached hydrogens (tertiary/aromatic N) is 1. The summed E-state index contributed by atoms with van der Waals surface area (Å²) in [5.41, 5.74) is 5.92. The Kier molecular flexibility index (Phi) is 5.40. The van der Waals surface area contributed by atoms with Gasteiger partial charge in [0.05, 0.1) is 5.25 Å². The van der Waals surface area contributed by atoms with E-state index in [1.807, 2.05) is 0 Å². The van der Waals surface area contributed by atoms with Crippen molar-refractivity contribution in [2.75, 3.05) is 18.4 Å². The molecule has 1 aromatic rings. The second-order valence-corrected chi connectivity index (χ2v) is 10.6. The summed E-state index contributed by atoms with van der Waals surface area (Å²) in [6, 6.07) is 1.99. The third-order valence-corrected chi connectivity index (χ3v) is 8.26. The molecule has 2 aliphatic carbocycles. The monoisotopic (exact) mass is 405 g/mol. The van der Waals surface area contributed by atoms with E-state index in [4.69, 9.17) is 0 Å². The number of sulfonamides is 1. The van der Waals surface area contributed by atoms with Crippen molar-refractivity contribution >= 4 is 21.7 Å². The summed E-state index contributed by atoms with van der Waals surface area (Å²) in [5, 5.41) is 2.39. The van der Waals surface area contributed by atoms with Crippen molar-refractivity contribution in [1.82, 2.24) is 9.62 Å². The third-order valence-electron chi connectivity index (χ3n) is 6.53. The highest BCUT2D eigenvalue weighted by atomic mass is 32.2. The van der Waals surface area contributed by atoms with Crippen LogP contribution in [0.2, 0.25) is 0 Å². The fourth-order valence-corrected chi connectivity index (χ4v) is 6.35. The van der Waals surface area contributed by atoms with Gasteiger partial charge in [-0.15, -0.1) is 0 Å². The van der Waals surface area contributed by atoms with Gasteiger partial charge in [0.15, 0.2) is 0 Å². The minimum Gasteiger partial charge on any atom is -0.307 e. The summed E-state index contributed by atoms with van der Waals surface area (Å²) >= 11 is 0. The van der Waals surface area contributed by atoms with Gasteiger partial charge in [0, 0.05) is 18.3 Å². The van der Waals surface area contributed by atoms with E-state index < -0.39 is 21.3 Å². The average Bonchev–Trinajstić information content (AvgIpc) is 3.30. The predicted octanol–water partition coefficient (Wildman–Crippen LogP) is 2.99. The summed E-state index contributed by atoms with van der Waals surface area (Å²) in [4.78, 5) is 14.8. The lowest BCUT2D eigenvalue weighted by molar-refractivity contribution is 0.186. The van der Waals surface area contributed by atoms with Gasteiger partial charge in [0.25, 0.3) is 0 Å². The second-order valence-electron chi connectivity index (χ2n) is 8.69. The number of aryl methyl sites for hydroxylation is 2. The number of nitrogens with one attached hydrogen (secondary N) is 2. The lowest BCUT2D eigenvalue weighted by Crippen LogP contribution is -2.50. The van der Waals surface area contributed by atoms with Crippen molar-refractivity contribution in [2.45, 2.75) is 76.5 Å². The van der Waals surface area contributed by atoms with Crippen LogP contribution in [-0.4, -0.2) is 43.7 Å².